The van der Waals surface area contributed by atoms with Gasteiger partial charge in [-0.3, -0.25) is 24.1 Å². The summed E-state index contributed by atoms with van der Waals surface area (Å²) in [6.07, 6.45) is 2.43. The first-order chi connectivity index (χ1) is 19.9. The SMILES string of the molecule is COc1cc([C@H]2C3=CC[C@@H]4C(=O)N(c5cccc(C(=O)O)c5)C(=O)[C@@H]4[C@@H]3C[C@H]3C(=O)C(C)=C(C)C(=O)[C@@]23C)ccc1O. The average molecular weight is 570 g/mol. The van der Waals surface area contributed by atoms with Gasteiger partial charge >= 0.3 is 5.97 Å². The topological polar surface area (TPSA) is 138 Å². The van der Waals surface area contributed by atoms with Gasteiger partial charge in [-0.2, -0.15) is 0 Å². The third-order valence-electron chi connectivity index (χ3n) is 10.1. The van der Waals surface area contributed by atoms with E-state index in [0.717, 1.165) is 10.5 Å². The lowest BCUT2D eigenvalue weighted by Crippen LogP contribution is -2.55. The molecule has 1 heterocycles. The van der Waals surface area contributed by atoms with Crippen molar-refractivity contribution in [3.63, 3.8) is 0 Å². The molecule has 9 nitrogen and oxygen atoms in total. The summed E-state index contributed by atoms with van der Waals surface area (Å²) in [5.74, 6) is -5.43. The van der Waals surface area contributed by atoms with Crippen molar-refractivity contribution < 1.29 is 38.9 Å². The Kier molecular flexibility index (Phi) is 6.25. The number of phenols is 1. The molecule has 42 heavy (non-hydrogen) atoms. The molecule has 216 valence electrons. The Balaban J connectivity index is 1.50. The number of ether oxygens (including phenoxy) is 1. The number of ketones is 2. The highest BCUT2D eigenvalue weighted by Gasteiger charge is 2.64. The van der Waals surface area contributed by atoms with Gasteiger partial charge in [0.25, 0.3) is 0 Å². The molecule has 2 N–H and O–H groups in total. The van der Waals surface area contributed by atoms with Crippen molar-refractivity contribution in [2.24, 2.45) is 29.1 Å². The van der Waals surface area contributed by atoms with Crippen molar-refractivity contribution >= 4 is 35.0 Å². The highest BCUT2D eigenvalue weighted by atomic mass is 16.5. The minimum Gasteiger partial charge on any atom is -0.504 e. The number of carboxylic acid groups (broad SMARTS) is 1. The van der Waals surface area contributed by atoms with Gasteiger partial charge in [0.1, 0.15) is 0 Å². The number of nitrogens with zero attached hydrogens (tertiary/aromatic N) is 1. The van der Waals surface area contributed by atoms with Crippen LogP contribution >= 0.6 is 0 Å². The Bertz CT molecular complexity index is 1670. The molecular formula is C33H31NO8. The fourth-order valence-corrected chi connectivity index (χ4v) is 7.87. The molecule has 6 atom stereocenters. The van der Waals surface area contributed by atoms with E-state index in [9.17, 15) is 34.2 Å². The number of aromatic hydroxyl groups is 1. The average Bonchev–Trinajstić information content (AvgIpc) is 3.24. The molecule has 6 rings (SSSR count). The molecule has 2 amide bonds. The molecule has 2 fully saturated rings. The van der Waals surface area contributed by atoms with Crippen LogP contribution in [0.2, 0.25) is 0 Å². The minimum absolute atomic E-state index is 0.0412. The van der Waals surface area contributed by atoms with Crippen LogP contribution in [0.5, 0.6) is 11.5 Å². The van der Waals surface area contributed by atoms with E-state index in [-0.39, 0.29) is 47.2 Å². The summed E-state index contributed by atoms with van der Waals surface area (Å²) in [6.45, 7) is 5.14. The Hall–Kier alpha value is -4.53. The van der Waals surface area contributed by atoms with Gasteiger partial charge in [0, 0.05) is 11.8 Å². The molecule has 1 saturated carbocycles. The maximum Gasteiger partial charge on any atom is 0.335 e. The van der Waals surface area contributed by atoms with Gasteiger partial charge in [-0.05, 0) is 79.6 Å². The van der Waals surface area contributed by atoms with Gasteiger partial charge in [-0.25, -0.2) is 4.79 Å². The van der Waals surface area contributed by atoms with Gasteiger partial charge in [-0.1, -0.05) is 30.7 Å². The Morgan fingerprint density at radius 3 is 2.43 bits per heavy atom. The predicted molar refractivity (Wildman–Crippen MR) is 151 cm³/mol. The summed E-state index contributed by atoms with van der Waals surface area (Å²) in [4.78, 5) is 68.4. The quantitative estimate of drug-likeness (QED) is 0.407. The smallest absolute Gasteiger partial charge is 0.335 e. The van der Waals surface area contributed by atoms with Crippen LogP contribution in [0.25, 0.3) is 0 Å². The molecule has 0 bridgehead atoms. The molecule has 4 aliphatic rings. The number of amides is 2. The van der Waals surface area contributed by atoms with Crippen molar-refractivity contribution in [2.45, 2.75) is 39.5 Å². The first-order valence-electron chi connectivity index (χ1n) is 14.0. The maximum absolute atomic E-state index is 14.1. The van der Waals surface area contributed by atoms with E-state index in [1.165, 1.54) is 37.4 Å². The monoisotopic (exact) mass is 569 g/mol. The highest BCUT2D eigenvalue weighted by molar-refractivity contribution is 6.23. The zero-order chi connectivity index (χ0) is 30.2. The normalized spacial score (nSPS) is 30.5. The second kappa shape index (κ2) is 9.51. The zero-order valence-electron chi connectivity index (χ0n) is 23.7. The van der Waals surface area contributed by atoms with Crippen molar-refractivity contribution in [1.82, 2.24) is 0 Å². The van der Waals surface area contributed by atoms with Crippen LogP contribution in [-0.4, -0.2) is 46.7 Å². The molecule has 1 saturated heterocycles. The maximum atomic E-state index is 14.1. The molecule has 2 aromatic rings. The van der Waals surface area contributed by atoms with Crippen molar-refractivity contribution in [1.29, 1.82) is 0 Å². The van der Waals surface area contributed by atoms with Crippen LogP contribution in [0.4, 0.5) is 5.69 Å². The third-order valence-corrected chi connectivity index (χ3v) is 10.1. The molecule has 0 radical (unpaired) electrons. The summed E-state index contributed by atoms with van der Waals surface area (Å²) >= 11 is 0. The largest absolute Gasteiger partial charge is 0.504 e. The predicted octanol–water partition coefficient (Wildman–Crippen LogP) is 4.45. The van der Waals surface area contributed by atoms with Gasteiger partial charge in [-0.15, -0.1) is 0 Å². The number of aromatic carboxylic acids is 1. The molecule has 3 aliphatic carbocycles. The highest BCUT2D eigenvalue weighted by Crippen LogP contribution is 2.63. The van der Waals surface area contributed by atoms with E-state index in [1.807, 2.05) is 13.0 Å². The molecule has 1 aliphatic heterocycles. The number of rotatable bonds is 4. The standard InChI is InChI=1S/C33H31NO8/c1-15-16(2)29(37)33(3)23(28(15)36)14-22-20(27(33)17-8-11-24(35)25(13-17)42-4)9-10-21-26(22)31(39)34(30(21)38)19-7-5-6-18(12-19)32(40)41/h5-9,11-13,21-23,26-27,35H,10,14H2,1-4H3,(H,40,41)/t21-,22+,23-,26-,27-,33+/m0/s1. The molecule has 9 heteroatoms. The number of allylic oxidation sites excluding steroid dienone is 4. The number of anilines is 1. The number of methoxy groups -OCH3 is 1. The van der Waals surface area contributed by atoms with Crippen LogP contribution in [0, 0.1) is 29.1 Å². The van der Waals surface area contributed by atoms with Gasteiger partial charge < -0.3 is 14.9 Å². The van der Waals surface area contributed by atoms with Crippen LogP contribution < -0.4 is 9.64 Å². The van der Waals surface area contributed by atoms with E-state index in [1.54, 1.807) is 26.0 Å². The first-order valence-corrected chi connectivity index (χ1v) is 14.0. The van der Waals surface area contributed by atoms with Crippen LogP contribution in [0.1, 0.15) is 55.5 Å². The number of Topliss-reactive ketones (excluding diaryl/α,β-unsaturated/α-hetero) is 2. The third kappa shape index (κ3) is 3.65. The van der Waals surface area contributed by atoms with E-state index in [0.29, 0.717) is 16.7 Å². The van der Waals surface area contributed by atoms with E-state index in [4.69, 9.17) is 4.74 Å². The fourth-order valence-electron chi connectivity index (χ4n) is 7.87. The number of imide groups is 1. The lowest BCUT2D eigenvalue weighted by atomic mass is 9.46. The van der Waals surface area contributed by atoms with Crippen molar-refractivity contribution in [3.05, 3.63) is 76.4 Å². The lowest BCUT2D eigenvalue weighted by molar-refractivity contribution is -0.142. The summed E-state index contributed by atoms with van der Waals surface area (Å²) in [6, 6.07) is 10.6. The van der Waals surface area contributed by atoms with E-state index >= 15 is 0 Å². The van der Waals surface area contributed by atoms with Crippen LogP contribution in [0.3, 0.4) is 0 Å². The zero-order valence-corrected chi connectivity index (χ0v) is 23.7. The second-order valence-electron chi connectivity index (χ2n) is 11.9. The summed E-state index contributed by atoms with van der Waals surface area (Å²) in [7, 11) is 1.43. The number of phenolic OH excluding ortho intramolecular Hbond substituents is 1. The first kappa shape index (κ1) is 27.6. The molecule has 2 aromatic carbocycles. The number of benzene rings is 2. The molecule has 0 aromatic heterocycles. The number of hydrogen-bond donors (Lipinski definition) is 2. The van der Waals surface area contributed by atoms with Gasteiger partial charge in [0.15, 0.2) is 23.1 Å². The van der Waals surface area contributed by atoms with Gasteiger partial charge in [0.05, 0.1) is 35.6 Å². The van der Waals surface area contributed by atoms with Crippen LogP contribution in [-0.2, 0) is 19.2 Å². The lowest BCUT2D eigenvalue weighted by Gasteiger charge is -2.54. The van der Waals surface area contributed by atoms with Crippen molar-refractivity contribution in [2.75, 3.05) is 12.0 Å². The Morgan fingerprint density at radius 1 is 1.00 bits per heavy atom. The Morgan fingerprint density at radius 2 is 1.74 bits per heavy atom. The molecule has 0 spiro atoms. The summed E-state index contributed by atoms with van der Waals surface area (Å²) in [5.41, 5.74) is 1.31. The Labute approximate surface area is 242 Å². The second-order valence-corrected chi connectivity index (χ2v) is 11.9. The molecular weight excluding hydrogens is 538 g/mol. The minimum atomic E-state index is -1.17. The van der Waals surface area contributed by atoms with Gasteiger partial charge in [0.2, 0.25) is 11.8 Å². The number of carbonyl (C=O) groups excluding carboxylic acids is 4. The number of hydrogen-bond acceptors (Lipinski definition) is 7. The fraction of sp³-hybridized carbons (Fsp3) is 0.364. The summed E-state index contributed by atoms with van der Waals surface area (Å²) in [5, 5.41) is 19.8. The van der Waals surface area contributed by atoms with Crippen LogP contribution in [0.15, 0.2) is 65.3 Å². The number of carboxylic acids is 1. The van der Waals surface area contributed by atoms with Crippen molar-refractivity contribution in [3.8, 4) is 11.5 Å². The number of carbonyl (C=O) groups is 5. The van der Waals surface area contributed by atoms with E-state index in [2.05, 4.69) is 0 Å². The number of fused-ring (bicyclic) bond motifs is 4. The van der Waals surface area contributed by atoms with E-state index < -0.39 is 52.8 Å². The summed E-state index contributed by atoms with van der Waals surface area (Å²) < 4.78 is 5.38. The molecule has 0 unspecified atom stereocenters.